The van der Waals surface area contributed by atoms with E-state index in [1.54, 1.807) is 35.2 Å². The number of benzene rings is 3. The zero-order valence-electron chi connectivity index (χ0n) is 21.4. The van der Waals surface area contributed by atoms with Crippen molar-refractivity contribution in [3.63, 3.8) is 0 Å². The lowest BCUT2D eigenvalue weighted by molar-refractivity contribution is 0.0605. The molecule has 0 aliphatic heterocycles. The minimum atomic E-state index is -0.798. The van der Waals surface area contributed by atoms with Gasteiger partial charge in [-0.25, -0.2) is 8.78 Å². The number of halogens is 2. The van der Waals surface area contributed by atoms with Crippen LogP contribution in [0.4, 0.5) is 14.5 Å². The molecular weight excluding hydrogens is 492 g/mol. The zero-order chi connectivity index (χ0) is 27.2. The summed E-state index contributed by atoms with van der Waals surface area (Å²) in [6.45, 7) is 0.251. The zero-order valence-corrected chi connectivity index (χ0v) is 21.4. The molecule has 0 spiro atoms. The quantitative estimate of drug-likeness (QED) is 0.426. The summed E-state index contributed by atoms with van der Waals surface area (Å²) < 4.78 is 38.2. The van der Waals surface area contributed by atoms with Crippen molar-refractivity contribution in [1.82, 2.24) is 4.90 Å². The molecule has 1 saturated carbocycles. The third kappa shape index (κ3) is 6.47. The van der Waals surface area contributed by atoms with E-state index in [4.69, 9.17) is 15.2 Å². The van der Waals surface area contributed by atoms with Crippen LogP contribution in [0.5, 0.6) is 11.5 Å². The minimum absolute atomic E-state index is 0.0313. The standard InChI is InChI=1S/C29H31F2N3O4/c1-37-26-12-5-19(15-27(26)38-2)28(35)33-24-8-3-18(4-9-24)17-34(25-10-6-23(32)7-11-25)29(36)20-13-21(30)16-22(31)14-20/h3-5,8-9,12-16,23,25H,6-7,10-11,17,32H2,1-2H3,(H,33,35). The average Bonchev–Trinajstić information content (AvgIpc) is 2.91. The first-order valence-electron chi connectivity index (χ1n) is 12.4. The number of nitrogens with zero attached hydrogens (tertiary/aromatic N) is 1. The Hall–Kier alpha value is -3.98. The summed E-state index contributed by atoms with van der Waals surface area (Å²) in [5, 5.41) is 2.84. The third-order valence-electron chi connectivity index (χ3n) is 6.76. The summed E-state index contributed by atoms with van der Waals surface area (Å²) >= 11 is 0. The summed E-state index contributed by atoms with van der Waals surface area (Å²) in [6, 6.07) is 14.8. The van der Waals surface area contributed by atoms with Gasteiger partial charge in [0.15, 0.2) is 11.5 Å². The molecule has 4 rings (SSSR count). The van der Waals surface area contributed by atoms with Crippen molar-refractivity contribution in [3.8, 4) is 11.5 Å². The van der Waals surface area contributed by atoms with Crippen LogP contribution in [0.1, 0.15) is 52.0 Å². The van der Waals surface area contributed by atoms with Gasteiger partial charge in [-0.05, 0) is 73.7 Å². The van der Waals surface area contributed by atoms with Crippen LogP contribution in [0.2, 0.25) is 0 Å². The molecule has 2 amide bonds. The van der Waals surface area contributed by atoms with E-state index in [2.05, 4.69) is 5.32 Å². The average molecular weight is 524 g/mol. The van der Waals surface area contributed by atoms with Gasteiger partial charge in [-0.15, -0.1) is 0 Å². The number of nitrogens with one attached hydrogen (secondary N) is 1. The lowest BCUT2D eigenvalue weighted by atomic mass is 9.90. The Kier molecular flexibility index (Phi) is 8.58. The molecule has 1 aliphatic rings. The summed E-state index contributed by atoms with van der Waals surface area (Å²) in [4.78, 5) is 27.8. The number of nitrogens with two attached hydrogens (primary N) is 1. The fraction of sp³-hybridized carbons (Fsp3) is 0.310. The second-order valence-electron chi connectivity index (χ2n) is 9.38. The maximum Gasteiger partial charge on any atom is 0.255 e. The molecule has 200 valence electrons. The van der Waals surface area contributed by atoms with Crippen molar-refractivity contribution in [2.24, 2.45) is 5.73 Å². The molecule has 3 aromatic rings. The lowest BCUT2D eigenvalue weighted by Gasteiger charge is -2.36. The Morgan fingerprint density at radius 2 is 1.50 bits per heavy atom. The Balaban J connectivity index is 1.50. The maximum absolute atomic E-state index is 13.8. The van der Waals surface area contributed by atoms with Gasteiger partial charge < -0.3 is 25.4 Å². The number of hydrogen-bond acceptors (Lipinski definition) is 5. The lowest BCUT2D eigenvalue weighted by Crippen LogP contribution is -2.43. The molecule has 0 radical (unpaired) electrons. The van der Waals surface area contributed by atoms with E-state index >= 15 is 0 Å². The second-order valence-corrected chi connectivity index (χ2v) is 9.38. The van der Waals surface area contributed by atoms with Gasteiger partial charge in [0.25, 0.3) is 11.8 Å². The van der Waals surface area contributed by atoms with E-state index in [9.17, 15) is 18.4 Å². The first-order chi connectivity index (χ1) is 18.3. The monoisotopic (exact) mass is 523 g/mol. The number of amides is 2. The predicted molar refractivity (Wildman–Crippen MR) is 140 cm³/mol. The fourth-order valence-electron chi connectivity index (χ4n) is 4.69. The van der Waals surface area contributed by atoms with Crippen LogP contribution in [0.25, 0.3) is 0 Å². The molecule has 3 aromatic carbocycles. The van der Waals surface area contributed by atoms with E-state index in [1.807, 2.05) is 12.1 Å². The fourth-order valence-corrected chi connectivity index (χ4v) is 4.69. The summed E-state index contributed by atoms with van der Waals surface area (Å²) in [5.74, 6) is -1.38. The van der Waals surface area contributed by atoms with E-state index < -0.39 is 17.5 Å². The van der Waals surface area contributed by atoms with Gasteiger partial charge in [-0.3, -0.25) is 9.59 Å². The van der Waals surface area contributed by atoms with Crippen molar-refractivity contribution in [3.05, 3.63) is 89.0 Å². The van der Waals surface area contributed by atoms with Gasteiger partial charge in [0.2, 0.25) is 0 Å². The molecular formula is C29H31F2N3O4. The molecule has 0 saturated heterocycles. The number of hydrogen-bond donors (Lipinski definition) is 2. The highest BCUT2D eigenvalue weighted by Crippen LogP contribution is 2.29. The topological polar surface area (TPSA) is 93.9 Å². The van der Waals surface area contributed by atoms with E-state index in [-0.39, 0.29) is 30.1 Å². The van der Waals surface area contributed by atoms with E-state index in [0.29, 0.717) is 35.6 Å². The van der Waals surface area contributed by atoms with Gasteiger partial charge in [0, 0.05) is 41.5 Å². The van der Waals surface area contributed by atoms with Crippen molar-refractivity contribution < 1.29 is 27.8 Å². The highest BCUT2D eigenvalue weighted by Gasteiger charge is 2.29. The Bertz CT molecular complexity index is 1270. The van der Waals surface area contributed by atoms with Crippen LogP contribution < -0.4 is 20.5 Å². The number of carbonyl (C=O) groups excluding carboxylic acids is 2. The first-order valence-corrected chi connectivity index (χ1v) is 12.4. The largest absolute Gasteiger partial charge is 0.493 e. The molecule has 0 bridgehead atoms. The minimum Gasteiger partial charge on any atom is -0.493 e. The number of carbonyl (C=O) groups is 2. The second kappa shape index (κ2) is 12.0. The normalized spacial score (nSPS) is 17.0. The van der Waals surface area contributed by atoms with Crippen molar-refractivity contribution in [2.45, 2.75) is 44.3 Å². The molecule has 9 heteroatoms. The van der Waals surface area contributed by atoms with Gasteiger partial charge in [-0.1, -0.05) is 12.1 Å². The maximum atomic E-state index is 13.8. The summed E-state index contributed by atoms with van der Waals surface area (Å²) in [5.41, 5.74) is 7.81. The third-order valence-corrected chi connectivity index (χ3v) is 6.76. The Morgan fingerprint density at radius 3 is 2.11 bits per heavy atom. The number of ether oxygens (including phenoxy) is 2. The Labute approximate surface area is 220 Å². The molecule has 38 heavy (non-hydrogen) atoms. The molecule has 1 fully saturated rings. The predicted octanol–water partition coefficient (Wildman–Crippen LogP) is 5.15. The highest BCUT2D eigenvalue weighted by molar-refractivity contribution is 6.04. The molecule has 1 aliphatic carbocycles. The molecule has 0 aromatic heterocycles. The van der Waals surface area contributed by atoms with Crippen LogP contribution in [-0.4, -0.2) is 43.0 Å². The summed E-state index contributed by atoms with van der Waals surface area (Å²) in [6.07, 6.45) is 2.97. The number of rotatable bonds is 8. The van der Waals surface area contributed by atoms with Crippen LogP contribution in [-0.2, 0) is 6.54 Å². The smallest absolute Gasteiger partial charge is 0.255 e. The van der Waals surface area contributed by atoms with Gasteiger partial charge >= 0.3 is 0 Å². The van der Waals surface area contributed by atoms with Crippen molar-refractivity contribution in [2.75, 3.05) is 19.5 Å². The van der Waals surface area contributed by atoms with Crippen molar-refractivity contribution >= 4 is 17.5 Å². The Morgan fingerprint density at radius 1 is 0.868 bits per heavy atom. The molecule has 0 atom stereocenters. The van der Waals surface area contributed by atoms with E-state index in [1.165, 1.54) is 14.2 Å². The van der Waals surface area contributed by atoms with Crippen LogP contribution in [0, 0.1) is 11.6 Å². The van der Waals surface area contributed by atoms with Gasteiger partial charge in [0.1, 0.15) is 11.6 Å². The first kappa shape index (κ1) is 27.1. The highest BCUT2D eigenvalue weighted by atomic mass is 19.1. The number of anilines is 1. The van der Waals surface area contributed by atoms with Crippen LogP contribution in [0.15, 0.2) is 60.7 Å². The van der Waals surface area contributed by atoms with Crippen LogP contribution >= 0.6 is 0 Å². The van der Waals surface area contributed by atoms with Gasteiger partial charge in [0.05, 0.1) is 14.2 Å². The number of methoxy groups -OCH3 is 2. The molecule has 7 nitrogen and oxygen atoms in total. The molecule has 0 heterocycles. The summed E-state index contributed by atoms with van der Waals surface area (Å²) in [7, 11) is 3.02. The van der Waals surface area contributed by atoms with Gasteiger partial charge in [-0.2, -0.15) is 0 Å². The molecule has 3 N–H and O–H groups in total. The molecule has 0 unspecified atom stereocenters. The van der Waals surface area contributed by atoms with Crippen molar-refractivity contribution in [1.29, 1.82) is 0 Å². The SMILES string of the molecule is COc1ccc(C(=O)Nc2ccc(CN(C(=O)c3cc(F)cc(F)c3)C3CCC(N)CC3)cc2)cc1OC. The van der Waals surface area contributed by atoms with Crippen LogP contribution in [0.3, 0.4) is 0 Å². The van der Waals surface area contributed by atoms with E-state index in [0.717, 1.165) is 36.6 Å².